The number of nitrogens with one attached hydrogen (secondary N) is 1. The van der Waals surface area contributed by atoms with Crippen LogP contribution in [0.2, 0.25) is 5.02 Å². The van der Waals surface area contributed by atoms with Crippen molar-refractivity contribution in [1.29, 1.82) is 0 Å². The summed E-state index contributed by atoms with van der Waals surface area (Å²) in [6.07, 6.45) is 5.91. The normalized spacial score (nSPS) is 12.6. The summed E-state index contributed by atoms with van der Waals surface area (Å²) in [5, 5.41) is 4.08. The smallest absolute Gasteiger partial charge is 0.121 e. The molecule has 90 valence electrons. The van der Waals surface area contributed by atoms with Gasteiger partial charge in [-0.3, -0.25) is 4.98 Å². The van der Waals surface area contributed by atoms with Crippen molar-refractivity contribution in [1.82, 2.24) is 10.3 Å². The summed E-state index contributed by atoms with van der Waals surface area (Å²) in [5.74, 6) is 0.930. The van der Waals surface area contributed by atoms with Crippen molar-refractivity contribution >= 4 is 11.6 Å². The maximum absolute atomic E-state index is 6.11. The van der Waals surface area contributed by atoms with E-state index in [0.717, 1.165) is 24.3 Å². The van der Waals surface area contributed by atoms with E-state index in [1.807, 2.05) is 18.2 Å². The standard InChI is InChI=1S/C13H15ClN2O/c1-2-16-12(13-4-3-7-17-13)8-10-5-6-15-9-11(10)14/h3-7,9,12,16H,2,8H2,1H3. The van der Waals surface area contributed by atoms with Crippen LogP contribution in [0.1, 0.15) is 24.3 Å². The number of rotatable bonds is 5. The first-order valence-corrected chi connectivity index (χ1v) is 6.04. The molecule has 2 rings (SSSR count). The van der Waals surface area contributed by atoms with Gasteiger partial charge in [-0.25, -0.2) is 0 Å². The Morgan fingerprint density at radius 2 is 2.35 bits per heavy atom. The van der Waals surface area contributed by atoms with E-state index >= 15 is 0 Å². The van der Waals surface area contributed by atoms with E-state index in [0.29, 0.717) is 5.02 Å². The fourth-order valence-electron chi connectivity index (χ4n) is 1.80. The molecule has 3 nitrogen and oxygen atoms in total. The average Bonchev–Trinajstić information content (AvgIpc) is 2.85. The lowest BCUT2D eigenvalue weighted by Gasteiger charge is -2.16. The van der Waals surface area contributed by atoms with Crippen LogP contribution >= 0.6 is 11.6 Å². The maximum Gasteiger partial charge on any atom is 0.121 e. The van der Waals surface area contributed by atoms with Crippen LogP contribution in [0.4, 0.5) is 0 Å². The van der Waals surface area contributed by atoms with Crippen molar-refractivity contribution in [3.63, 3.8) is 0 Å². The number of pyridine rings is 1. The van der Waals surface area contributed by atoms with Crippen molar-refractivity contribution in [2.75, 3.05) is 6.54 Å². The first-order chi connectivity index (χ1) is 8.31. The van der Waals surface area contributed by atoms with E-state index in [1.165, 1.54) is 0 Å². The molecule has 0 spiro atoms. The van der Waals surface area contributed by atoms with Gasteiger partial charge in [0.15, 0.2) is 0 Å². The van der Waals surface area contributed by atoms with Gasteiger partial charge in [0, 0.05) is 12.4 Å². The van der Waals surface area contributed by atoms with Crippen molar-refractivity contribution in [2.24, 2.45) is 0 Å². The van der Waals surface area contributed by atoms with E-state index in [2.05, 4.69) is 17.2 Å². The first kappa shape index (κ1) is 12.1. The minimum atomic E-state index is 0.148. The van der Waals surface area contributed by atoms with Crippen LogP contribution in [0.3, 0.4) is 0 Å². The van der Waals surface area contributed by atoms with Crippen LogP contribution in [-0.4, -0.2) is 11.5 Å². The number of likely N-dealkylation sites (N-methyl/N-ethyl adjacent to an activating group) is 1. The van der Waals surface area contributed by atoms with E-state index in [9.17, 15) is 0 Å². The summed E-state index contributed by atoms with van der Waals surface area (Å²) in [6.45, 7) is 2.96. The Labute approximate surface area is 106 Å². The lowest BCUT2D eigenvalue weighted by Crippen LogP contribution is -2.22. The number of hydrogen-bond donors (Lipinski definition) is 1. The third kappa shape index (κ3) is 3.08. The molecule has 0 fully saturated rings. The SMILES string of the molecule is CCNC(Cc1ccncc1Cl)c1ccco1. The highest BCUT2D eigenvalue weighted by Crippen LogP contribution is 2.22. The molecule has 2 aromatic heterocycles. The van der Waals surface area contributed by atoms with Crippen molar-refractivity contribution in [3.05, 3.63) is 53.2 Å². The predicted molar refractivity (Wildman–Crippen MR) is 68.1 cm³/mol. The van der Waals surface area contributed by atoms with Gasteiger partial charge in [0.05, 0.1) is 17.3 Å². The fourth-order valence-corrected chi connectivity index (χ4v) is 2.00. The lowest BCUT2D eigenvalue weighted by molar-refractivity contribution is 0.416. The van der Waals surface area contributed by atoms with E-state index < -0.39 is 0 Å². The molecule has 0 aliphatic heterocycles. The molecule has 1 unspecified atom stereocenters. The molecular weight excluding hydrogens is 236 g/mol. The summed E-state index contributed by atoms with van der Waals surface area (Å²) in [5.41, 5.74) is 1.07. The highest BCUT2D eigenvalue weighted by molar-refractivity contribution is 6.31. The number of nitrogens with zero attached hydrogens (tertiary/aromatic N) is 1. The van der Waals surface area contributed by atoms with Crippen LogP contribution in [0.15, 0.2) is 41.3 Å². The van der Waals surface area contributed by atoms with E-state index in [4.69, 9.17) is 16.0 Å². The lowest BCUT2D eigenvalue weighted by atomic mass is 10.1. The molecule has 0 saturated heterocycles. The van der Waals surface area contributed by atoms with Gasteiger partial charge in [0.1, 0.15) is 5.76 Å². The second kappa shape index (κ2) is 5.84. The summed E-state index contributed by atoms with van der Waals surface area (Å²) in [4.78, 5) is 3.99. The maximum atomic E-state index is 6.11. The second-order valence-electron chi connectivity index (χ2n) is 3.80. The topological polar surface area (TPSA) is 38.1 Å². The molecule has 0 aliphatic carbocycles. The molecule has 2 heterocycles. The first-order valence-electron chi connectivity index (χ1n) is 5.66. The van der Waals surface area contributed by atoms with Crippen molar-refractivity contribution in [3.8, 4) is 0 Å². The summed E-state index contributed by atoms with van der Waals surface area (Å²) < 4.78 is 5.44. The Morgan fingerprint density at radius 3 is 3.00 bits per heavy atom. The summed E-state index contributed by atoms with van der Waals surface area (Å²) >= 11 is 6.11. The van der Waals surface area contributed by atoms with E-state index in [-0.39, 0.29) is 6.04 Å². The number of aromatic nitrogens is 1. The Bertz CT molecular complexity index is 456. The molecule has 1 N–H and O–H groups in total. The quantitative estimate of drug-likeness (QED) is 0.886. The molecule has 4 heteroatoms. The Morgan fingerprint density at radius 1 is 1.47 bits per heavy atom. The minimum Gasteiger partial charge on any atom is -0.468 e. The van der Waals surface area contributed by atoms with E-state index in [1.54, 1.807) is 18.7 Å². The van der Waals surface area contributed by atoms with Gasteiger partial charge in [-0.05, 0) is 36.7 Å². The highest BCUT2D eigenvalue weighted by atomic mass is 35.5. The fraction of sp³-hybridized carbons (Fsp3) is 0.308. The molecule has 0 saturated carbocycles. The highest BCUT2D eigenvalue weighted by Gasteiger charge is 2.15. The molecule has 0 amide bonds. The van der Waals surface area contributed by atoms with Gasteiger partial charge in [-0.2, -0.15) is 0 Å². The Kier molecular flexibility index (Phi) is 4.18. The molecule has 17 heavy (non-hydrogen) atoms. The number of hydrogen-bond acceptors (Lipinski definition) is 3. The second-order valence-corrected chi connectivity index (χ2v) is 4.20. The molecular formula is C13H15ClN2O. The van der Waals surface area contributed by atoms with Gasteiger partial charge >= 0.3 is 0 Å². The zero-order valence-corrected chi connectivity index (χ0v) is 10.4. The monoisotopic (exact) mass is 250 g/mol. The predicted octanol–water partition coefficient (Wildman–Crippen LogP) is 3.22. The van der Waals surface area contributed by atoms with Crippen LogP contribution in [0.5, 0.6) is 0 Å². The summed E-state index contributed by atoms with van der Waals surface area (Å²) in [6, 6.07) is 5.96. The Hall–Kier alpha value is -1.32. The van der Waals surface area contributed by atoms with Crippen LogP contribution in [0.25, 0.3) is 0 Å². The minimum absolute atomic E-state index is 0.148. The van der Waals surface area contributed by atoms with Crippen LogP contribution < -0.4 is 5.32 Å². The molecule has 0 aliphatic rings. The van der Waals surface area contributed by atoms with Crippen LogP contribution in [-0.2, 0) is 6.42 Å². The van der Waals surface area contributed by atoms with Crippen molar-refractivity contribution in [2.45, 2.75) is 19.4 Å². The zero-order valence-electron chi connectivity index (χ0n) is 9.69. The van der Waals surface area contributed by atoms with Gasteiger partial charge < -0.3 is 9.73 Å². The van der Waals surface area contributed by atoms with Gasteiger partial charge in [-0.1, -0.05) is 18.5 Å². The third-order valence-corrected chi connectivity index (χ3v) is 2.96. The average molecular weight is 251 g/mol. The molecule has 0 aromatic carbocycles. The molecule has 0 bridgehead atoms. The molecule has 0 radical (unpaired) electrons. The van der Waals surface area contributed by atoms with Gasteiger partial charge in [0.25, 0.3) is 0 Å². The van der Waals surface area contributed by atoms with Crippen LogP contribution in [0, 0.1) is 0 Å². The number of furan rings is 1. The Balaban J connectivity index is 2.16. The largest absolute Gasteiger partial charge is 0.468 e. The zero-order chi connectivity index (χ0) is 12.1. The third-order valence-electron chi connectivity index (χ3n) is 2.62. The summed E-state index contributed by atoms with van der Waals surface area (Å²) in [7, 11) is 0. The van der Waals surface area contributed by atoms with Gasteiger partial charge in [-0.15, -0.1) is 0 Å². The number of halogens is 1. The molecule has 2 aromatic rings. The van der Waals surface area contributed by atoms with Gasteiger partial charge in [0.2, 0.25) is 0 Å². The molecule has 1 atom stereocenters. The van der Waals surface area contributed by atoms with Crippen molar-refractivity contribution < 1.29 is 4.42 Å².